The standard InChI is InChI=1S/C21H21ClF3NO4/c1-3-29-20(27)9-5-14-4-7-16(30-11-10-28-2)13-19(14)26-18-8-6-15(12-17(18)22)21(23,24)25/h4-9,12-13,26H,3,10-11H2,1-2H3/b9-5+. The van der Waals surface area contributed by atoms with E-state index in [1.807, 2.05) is 0 Å². The molecule has 2 aromatic rings. The maximum Gasteiger partial charge on any atom is 0.416 e. The number of methoxy groups -OCH3 is 1. The number of rotatable bonds is 9. The number of carbonyl (C=O) groups is 1. The smallest absolute Gasteiger partial charge is 0.416 e. The number of benzene rings is 2. The lowest BCUT2D eigenvalue weighted by atomic mass is 10.1. The minimum Gasteiger partial charge on any atom is -0.491 e. The third-order valence-electron chi connectivity index (χ3n) is 3.83. The van der Waals surface area contributed by atoms with Crippen LogP contribution < -0.4 is 10.1 Å². The van der Waals surface area contributed by atoms with Crippen molar-refractivity contribution >= 4 is 35.0 Å². The van der Waals surface area contributed by atoms with Gasteiger partial charge in [-0.1, -0.05) is 11.6 Å². The third kappa shape index (κ3) is 6.96. The van der Waals surface area contributed by atoms with Gasteiger partial charge in [0.2, 0.25) is 0 Å². The second-order valence-corrected chi connectivity index (χ2v) is 6.40. The number of nitrogens with one attached hydrogen (secondary N) is 1. The van der Waals surface area contributed by atoms with Crippen LogP contribution in [0.15, 0.2) is 42.5 Å². The zero-order chi connectivity index (χ0) is 22.1. The summed E-state index contributed by atoms with van der Waals surface area (Å²) in [6.07, 6.45) is -1.72. The molecule has 9 heteroatoms. The zero-order valence-corrected chi connectivity index (χ0v) is 17.1. The van der Waals surface area contributed by atoms with Crippen LogP contribution in [-0.4, -0.2) is 32.9 Å². The predicted molar refractivity (Wildman–Crippen MR) is 109 cm³/mol. The fraction of sp³-hybridized carbons (Fsp3) is 0.286. The molecule has 2 rings (SSSR count). The van der Waals surface area contributed by atoms with Crippen LogP contribution in [0.4, 0.5) is 24.5 Å². The number of anilines is 2. The number of alkyl halides is 3. The summed E-state index contributed by atoms with van der Waals surface area (Å²) in [5.74, 6) is -0.0118. The quantitative estimate of drug-likeness (QED) is 0.306. The van der Waals surface area contributed by atoms with Gasteiger partial charge in [-0.05, 0) is 48.9 Å². The van der Waals surface area contributed by atoms with Gasteiger partial charge in [-0.25, -0.2) is 4.79 Å². The normalized spacial score (nSPS) is 11.5. The highest BCUT2D eigenvalue weighted by molar-refractivity contribution is 6.33. The molecule has 0 radical (unpaired) electrons. The molecule has 2 aromatic carbocycles. The molecule has 0 aliphatic carbocycles. The van der Waals surface area contributed by atoms with Gasteiger partial charge < -0.3 is 19.5 Å². The Kier molecular flexibility index (Phi) is 8.56. The van der Waals surface area contributed by atoms with Crippen molar-refractivity contribution in [2.75, 3.05) is 32.2 Å². The Morgan fingerprint density at radius 3 is 2.53 bits per heavy atom. The van der Waals surface area contributed by atoms with Crippen molar-refractivity contribution in [3.8, 4) is 5.75 Å². The molecule has 0 atom stereocenters. The molecule has 0 bridgehead atoms. The number of halogens is 4. The highest BCUT2D eigenvalue weighted by atomic mass is 35.5. The predicted octanol–water partition coefficient (Wildman–Crippen LogP) is 5.70. The van der Waals surface area contributed by atoms with E-state index < -0.39 is 17.7 Å². The van der Waals surface area contributed by atoms with E-state index in [1.165, 1.54) is 18.2 Å². The minimum atomic E-state index is -4.50. The van der Waals surface area contributed by atoms with Gasteiger partial charge >= 0.3 is 12.1 Å². The Bertz CT molecular complexity index is 900. The lowest BCUT2D eigenvalue weighted by molar-refractivity contribution is -0.138. The van der Waals surface area contributed by atoms with E-state index in [0.29, 0.717) is 30.2 Å². The van der Waals surface area contributed by atoms with E-state index in [1.54, 1.807) is 32.2 Å². The Morgan fingerprint density at radius 2 is 1.90 bits per heavy atom. The average Bonchev–Trinajstić information content (AvgIpc) is 2.68. The second-order valence-electron chi connectivity index (χ2n) is 5.99. The molecule has 0 fully saturated rings. The molecule has 162 valence electrons. The minimum absolute atomic E-state index is 0.101. The summed E-state index contributed by atoms with van der Waals surface area (Å²) >= 11 is 6.05. The fourth-order valence-electron chi connectivity index (χ4n) is 2.41. The lowest BCUT2D eigenvalue weighted by Gasteiger charge is -2.15. The molecule has 0 amide bonds. The molecule has 0 saturated heterocycles. The molecule has 0 aliphatic heterocycles. The molecular weight excluding hydrogens is 423 g/mol. The Morgan fingerprint density at radius 1 is 1.13 bits per heavy atom. The van der Waals surface area contributed by atoms with Crippen molar-refractivity contribution < 1.29 is 32.2 Å². The van der Waals surface area contributed by atoms with Gasteiger partial charge in [0.25, 0.3) is 0 Å². The van der Waals surface area contributed by atoms with Crippen LogP contribution in [-0.2, 0) is 20.4 Å². The number of carbonyl (C=O) groups excluding carboxylic acids is 1. The number of ether oxygens (including phenoxy) is 3. The Balaban J connectivity index is 2.34. The second kappa shape index (κ2) is 10.9. The summed E-state index contributed by atoms with van der Waals surface area (Å²) < 4.78 is 54.0. The molecule has 0 spiro atoms. The van der Waals surface area contributed by atoms with Crippen LogP contribution in [0.25, 0.3) is 6.08 Å². The topological polar surface area (TPSA) is 56.8 Å². The van der Waals surface area contributed by atoms with Crippen LogP contribution >= 0.6 is 11.6 Å². The molecule has 0 aliphatic rings. The molecule has 0 heterocycles. The maximum absolute atomic E-state index is 12.9. The van der Waals surface area contributed by atoms with Crippen molar-refractivity contribution in [3.05, 3.63) is 58.6 Å². The first-order chi connectivity index (χ1) is 14.2. The first-order valence-corrected chi connectivity index (χ1v) is 9.36. The summed E-state index contributed by atoms with van der Waals surface area (Å²) in [6, 6.07) is 8.05. The van der Waals surface area contributed by atoms with Crippen LogP contribution in [0, 0.1) is 0 Å². The molecule has 0 saturated carbocycles. The number of hydrogen-bond donors (Lipinski definition) is 1. The van der Waals surface area contributed by atoms with E-state index in [-0.39, 0.29) is 17.3 Å². The Hall–Kier alpha value is -2.71. The largest absolute Gasteiger partial charge is 0.491 e. The van der Waals surface area contributed by atoms with Crippen molar-refractivity contribution in [3.63, 3.8) is 0 Å². The molecule has 1 N–H and O–H groups in total. The van der Waals surface area contributed by atoms with Gasteiger partial charge in [0.1, 0.15) is 12.4 Å². The number of hydrogen-bond acceptors (Lipinski definition) is 5. The summed E-state index contributed by atoms with van der Waals surface area (Å²) in [7, 11) is 1.55. The molecule has 5 nitrogen and oxygen atoms in total. The number of esters is 1. The van der Waals surface area contributed by atoms with E-state index >= 15 is 0 Å². The van der Waals surface area contributed by atoms with E-state index in [9.17, 15) is 18.0 Å². The van der Waals surface area contributed by atoms with E-state index in [2.05, 4.69) is 5.32 Å². The van der Waals surface area contributed by atoms with Gasteiger partial charge in [0.15, 0.2) is 0 Å². The fourth-order valence-corrected chi connectivity index (χ4v) is 2.64. The molecule has 30 heavy (non-hydrogen) atoms. The summed E-state index contributed by atoms with van der Waals surface area (Å²) in [5, 5.41) is 2.89. The van der Waals surface area contributed by atoms with Crippen LogP contribution in [0.2, 0.25) is 5.02 Å². The molecule has 0 unspecified atom stereocenters. The Labute approximate surface area is 177 Å². The van der Waals surface area contributed by atoms with Crippen molar-refractivity contribution in [1.82, 2.24) is 0 Å². The highest BCUT2D eigenvalue weighted by Gasteiger charge is 2.30. The van der Waals surface area contributed by atoms with Gasteiger partial charge in [0, 0.05) is 24.9 Å². The summed E-state index contributed by atoms with van der Waals surface area (Å²) in [6.45, 7) is 2.63. The molecule has 0 aromatic heterocycles. The third-order valence-corrected chi connectivity index (χ3v) is 4.14. The first kappa shape index (κ1) is 23.6. The maximum atomic E-state index is 12.9. The molecular formula is C21H21ClF3NO4. The zero-order valence-electron chi connectivity index (χ0n) is 16.4. The van der Waals surface area contributed by atoms with Gasteiger partial charge in [-0.3, -0.25) is 0 Å². The van der Waals surface area contributed by atoms with Crippen molar-refractivity contribution in [2.24, 2.45) is 0 Å². The van der Waals surface area contributed by atoms with Crippen molar-refractivity contribution in [1.29, 1.82) is 0 Å². The van der Waals surface area contributed by atoms with E-state index in [4.69, 9.17) is 25.8 Å². The van der Waals surface area contributed by atoms with Crippen LogP contribution in [0.3, 0.4) is 0 Å². The van der Waals surface area contributed by atoms with Crippen molar-refractivity contribution in [2.45, 2.75) is 13.1 Å². The average molecular weight is 444 g/mol. The van der Waals surface area contributed by atoms with Gasteiger partial charge in [0.05, 0.1) is 29.5 Å². The van der Waals surface area contributed by atoms with Gasteiger partial charge in [-0.15, -0.1) is 0 Å². The first-order valence-electron chi connectivity index (χ1n) is 8.99. The van der Waals surface area contributed by atoms with Gasteiger partial charge in [-0.2, -0.15) is 13.2 Å². The summed E-state index contributed by atoms with van der Waals surface area (Å²) in [5.41, 5.74) is 0.479. The van der Waals surface area contributed by atoms with Crippen LogP contribution in [0.5, 0.6) is 5.75 Å². The van der Waals surface area contributed by atoms with E-state index in [0.717, 1.165) is 12.1 Å². The highest BCUT2D eigenvalue weighted by Crippen LogP contribution is 2.36. The SMILES string of the molecule is CCOC(=O)/C=C/c1ccc(OCCOC)cc1Nc1ccc(C(F)(F)F)cc1Cl. The van der Waals surface area contributed by atoms with Crippen LogP contribution in [0.1, 0.15) is 18.1 Å². The monoisotopic (exact) mass is 443 g/mol. The lowest BCUT2D eigenvalue weighted by Crippen LogP contribution is -2.06. The summed E-state index contributed by atoms with van der Waals surface area (Å²) in [4.78, 5) is 11.6.